The maximum Gasteiger partial charge on any atom is 0.256 e. The van der Waals surface area contributed by atoms with Crippen LogP contribution in [0, 0.1) is 12.7 Å². The molecule has 1 heterocycles. The molecule has 0 saturated heterocycles. The first-order chi connectivity index (χ1) is 11.1. The van der Waals surface area contributed by atoms with Crippen molar-refractivity contribution in [2.24, 2.45) is 0 Å². The van der Waals surface area contributed by atoms with Gasteiger partial charge in [0.2, 0.25) is 0 Å². The molecule has 1 aliphatic heterocycles. The molecule has 1 amide bonds. The molecule has 2 aromatic carbocycles. The number of fused-ring (bicyclic) bond motifs is 1. The SMILES string of the molecule is COc1ccc(C(=O)Nc2ccc3c(c2F)CCNC3)c(C)c1.Cl. The van der Waals surface area contributed by atoms with Gasteiger partial charge in [0, 0.05) is 12.1 Å². The molecule has 6 heteroatoms. The van der Waals surface area contributed by atoms with Crippen LogP contribution in [0.2, 0.25) is 0 Å². The van der Waals surface area contributed by atoms with Gasteiger partial charge in [-0.1, -0.05) is 6.07 Å². The van der Waals surface area contributed by atoms with Crippen molar-refractivity contribution in [1.82, 2.24) is 5.32 Å². The van der Waals surface area contributed by atoms with Crippen LogP contribution >= 0.6 is 12.4 Å². The quantitative estimate of drug-likeness (QED) is 0.891. The van der Waals surface area contributed by atoms with Gasteiger partial charge in [0.1, 0.15) is 11.6 Å². The van der Waals surface area contributed by atoms with Crippen molar-refractivity contribution in [2.45, 2.75) is 19.9 Å². The predicted molar refractivity (Wildman–Crippen MR) is 94.7 cm³/mol. The second kappa shape index (κ2) is 7.64. The number of nitrogens with one attached hydrogen (secondary N) is 2. The Morgan fingerprint density at radius 1 is 1.29 bits per heavy atom. The third-order valence-corrected chi connectivity index (χ3v) is 4.13. The number of anilines is 1. The third kappa shape index (κ3) is 3.52. The zero-order chi connectivity index (χ0) is 16.4. The Morgan fingerprint density at radius 2 is 2.08 bits per heavy atom. The summed E-state index contributed by atoms with van der Waals surface area (Å²) in [5.74, 6) is 0.0352. The van der Waals surface area contributed by atoms with Gasteiger partial charge < -0.3 is 15.4 Å². The summed E-state index contributed by atoms with van der Waals surface area (Å²) >= 11 is 0. The average Bonchev–Trinajstić information content (AvgIpc) is 2.57. The minimum atomic E-state index is -0.330. The molecule has 3 rings (SSSR count). The molecule has 0 spiro atoms. The maximum atomic E-state index is 14.6. The van der Waals surface area contributed by atoms with Gasteiger partial charge in [0.15, 0.2) is 0 Å². The summed E-state index contributed by atoms with van der Waals surface area (Å²) in [4.78, 5) is 12.4. The maximum absolute atomic E-state index is 14.6. The molecule has 2 N–H and O–H groups in total. The summed E-state index contributed by atoms with van der Waals surface area (Å²) in [7, 11) is 1.58. The van der Waals surface area contributed by atoms with Crippen LogP contribution in [0.3, 0.4) is 0 Å². The zero-order valence-corrected chi connectivity index (χ0v) is 14.4. The van der Waals surface area contributed by atoms with Crippen LogP contribution < -0.4 is 15.4 Å². The highest BCUT2D eigenvalue weighted by Crippen LogP contribution is 2.25. The number of benzene rings is 2. The minimum absolute atomic E-state index is 0. The van der Waals surface area contributed by atoms with E-state index in [1.54, 1.807) is 31.4 Å². The highest BCUT2D eigenvalue weighted by molar-refractivity contribution is 6.05. The second-order valence-electron chi connectivity index (χ2n) is 5.63. The molecule has 0 bridgehead atoms. The number of ether oxygens (including phenoxy) is 1. The van der Waals surface area contributed by atoms with Crippen LogP contribution in [-0.4, -0.2) is 19.6 Å². The Hall–Kier alpha value is -2.11. The van der Waals surface area contributed by atoms with Crippen molar-refractivity contribution in [3.8, 4) is 5.75 Å². The monoisotopic (exact) mass is 350 g/mol. The Bertz CT molecular complexity index is 765. The molecule has 1 aliphatic rings. The number of carbonyl (C=O) groups is 1. The molecular weight excluding hydrogens is 331 g/mol. The van der Waals surface area contributed by atoms with Crippen molar-refractivity contribution in [2.75, 3.05) is 19.0 Å². The van der Waals surface area contributed by atoms with Crippen molar-refractivity contribution in [3.63, 3.8) is 0 Å². The van der Waals surface area contributed by atoms with Gasteiger partial charge in [0.25, 0.3) is 5.91 Å². The van der Waals surface area contributed by atoms with Gasteiger partial charge in [-0.25, -0.2) is 4.39 Å². The summed E-state index contributed by atoms with van der Waals surface area (Å²) in [5.41, 5.74) is 3.15. The highest BCUT2D eigenvalue weighted by Gasteiger charge is 2.18. The van der Waals surface area contributed by atoms with E-state index in [1.165, 1.54) is 0 Å². The van der Waals surface area contributed by atoms with E-state index in [1.807, 2.05) is 13.0 Å². The van der Waals surface area contributed by atoms with E-state index in [9.17, 15) is 9.18 Å². The molecule has 0 radical (unpaired) electrons. The smallest absolute Gasteiger partial charge is 0.256 e. The standard InChI is InChI=1S/C18H19FN2O2.ClH/c1-11-9-13(23-2)4-5-14(11)18(22)21-16-6-3-12-10-20-8-7-15(12)17(16)19;/h3-6,9,20H,7-8,10H2,1-2H3,(H,21,22);1H. The number of hydrogen-bond donors (Lipinski definition) is 2. The van der Waals surface area contributed by atoms with Crippen LogP contribution in [-0.2, 0) is 13.0 Å². The van der Waals surface area contributed by atoms with E-state index in [0.29, 0.717) is 29.8 Å². The van der Waals surface area contributed by atoms with E-state index < -0.39 is 0 Å². The van der Waals surface area contributed by atoms with Gasteiger partial charge in [-0.05, 0) is 60.8 Å². The van der Waals surface area contributed by atoms with E-state index >= 15 is 0 Å². The first-order valence-corrected chi connectivity index (χ1v) is 7.57. The molecule has 0 atom stereocenters. The van der Waals surface area contributed by atoms with E-state index in [0.717, 1.165) is 17.7 Å². The summed E-state index contributed by atoms with van der Waals surface area (Å²) < 4.78 is 19.7. The Kier molecular flexibility index (Phi) is 5.80. The zero-order valence-electron chi connectivity index (χ0n) is 13.6. The number of amides is 1. The fourth-order valence-corrected chi connectivity index (χ4v) is 2.84. The van der Waals surface area contributed by atoms with Gasteiger partial charge in [0.05, 0.1) is 12.8 Å². The van der Waals surface area contributed by atoms with Crippen molar-refractivity contribution in [3.05, 3.63) is 58.4 Å². The van der Waals surface area contributed by atoms with E-state index in [2.05, 4.69) is 10.6 Å². The highest BCUT2D eigenvalue weighted by atomic mass is 35.5. The fourth-order valence-electron chi connectivity index (χ4n) is 2.84. The fraction of sp³-hybridized carbons (Fsp3) is 0.278. The van der Waals surface area contributed by atoms with Crippen LogP contribution in [0.5, 0.6) is 5.75 Å². The molecule has 2 aromatic rings. The first-order valence-electron chi connectivity index (χ1n) is 7.57. The second-order valence-corrected chi connectivity index (χ2v) is 5.63. The Labute approximate surface area is 146 Å². The number of aryl methyl sites for hydroxylation is 1. The summed E-state index contributed by atoms with van der Waals surface area (Å²) in [6.07, 6.45) is 0.631. The first kappa shape index (κ1) is 18.2. The van der Waals surface area contributed by atoms with Crippen molar-refractivity contribution >= 4 is 24.0 Å². The lowest BCUT2D eigenvalue weighted by Crippen LogP contribution is -2.25. The molecule has 0 unspecified atom stereocenters. The number of rotatable bonds is 3. The minimum Gasteiger partial charge on any atom is -0.497 e. The Balaban J connectivity index is 0.00000208. The lowest BCUT2D eigenvalue weighted by Gasteiger charge is -2.19. The number of halogens is 2. The number of hydrogen-bond acceptors (Lipinski definition) is 3. The molecule has 128 valence electrons. The molecule has 4 nitrogen and oxygen atoms in total. The molecular formula is C18H20ClFN2O2. The van der Waals surface area contributed by atoms with E-state index in [-0.39, 0.29) is 29.8 Å². The molecule has 0 fully saturated rings. The molecule has 24 heavy (non-hydrogen) atoms. The lowest BCUT2D eigenvalue weighted by molar-refractivity contribution is 0.102. The molecule has 0 aliphatic carbocycles. The van der Waals surface area contributed by atoms with Gasteiger partial charge >= 0.3 is 0 Å². The van der Waals surface area contributed by atoms with Crippen molar-refractivity contribution in [1.29, 1.82) is 0 Å². The number of methoxy groups -OCH3 is 1. The van der Waals surface area contributed by atoms with E-state index in [4.69, 9.17) is 4.74 Å². The average molecular weight is 351 g/mol. The topological polar surface area (TPSA) is 50.4 Å². The van der Waals surface area contributed by atoms with Crippen LogP contribution in [0.25, 0.3) is 0 Å². The van der Waals surface area contributed by atoms with Gasteiger partial charge in [-0.15, -0.1) is 12.4 Å². The third-order valence-electron chi connectivity index (χ3n) is 4.13. The van der Waals surface area contributed by atoms with Crippen LogP contribution in [0.4, 0.5) is 10.1 Å². The number of carbonyl (C=O) groups excluding carboxylic acids is 1. The van der Waals surface area contributed by atoms with Crippen LogP contribution in [0.15, 0.2) is 30.3 Å². The van der Waals surface area contributed by atoms with Gasteiger partial charge in [-0.3, -0.25) is 4.79 Å². The molecule has 0 aromatic heterocycles. The predicted octanol–water partition coefficient (Wildman–Crippen LogP) is 3.46. The van der Waals surface area contributed by atoms with Crippen molar-refractivity contribution < 1.29 is 13.9 Å². The largest absolute Gasteiger partial charge is 0.497 e. The molecule has 0 saturated carbocycles. The lowest BCUT2D eigenvalue weighted by atomic mass is 9.99. The summed E-state index contributed by atoms with van der Waals surface area (Å²) in [6, 6.07) is 8.67. The summed E-state index contributed by atoms with van der Waals surface area (Å²) in [6.45, 7) is 3.24. The normalized spacial score (nSPS) is 12.8. The Morgan fingerprint density at radius 3 is 2.79 bits per heavy atom. The van der Waals surface area contributed by atoms with Gasteiger partial charge in [-0.2, -0.15) is 0 Å². The summed E-state index contributed by atoms with van der Waals surface area (Å²) in [5, 5.41) is 5.89. The van der Waals surface area contributed by atoms with Crippen LogP contribution in [0.1, 0.15) is 27.0 Å².